The number of phenols is 1. The molecule has 0 fully saturated rings. The van der Waals surface area contributed by atoms with Gasteiger partial charge in [0.25, 0.3) is 5.56 Å². The lowest BCUT2D eigenvalue weighted by Crippen LogP contribution is -2.38. The number of fused-ring (bicyclic) bond motifs is 3. The lowest BCUT2D eigenvalue weighted by atomic mass is 9.83. The summed E-state index contributed by atoms with van der Waals surface area (Å²) in [6.45, 7) is 0. The number of aromatic hydroxyl groups is 1. The van der Waals surface area contributed by atoms with Crippen LogP contribution >= 0.6 is 22.9 Å². The lowest BCUT2D eigenvalue weighted by Gasteiger charge is -2.30. The molecule has 1 atom stereocenters. The Morgan fingerprint density at radius 1 is 1.11 bits per heavy atom. The Labute approximate surface area is 210 Å². The fourth-order valence-electron chi connectivity index (χ4n) is 4.94. The number of ether oxygens (including phenoxy) is 1. The van der Waals surface area contributed by atoms with E-state index >= 15 is 0 Å². The highest BCUT2D eigenvalue weighted by Gasteiger charge is 2.32. The summed E-state index contributed by atoms with van der Waals surface area (Å²) in [4.78, 5) is 19.5. The van der Waals surface area contributed by atoms with E-state index in [1.54, 1.807) is 18.2 Å². The van der Waals surface area contributed by atoms with Crippen LogP contribution in [-0.4, -0.2) is 16.8 Å². The van der Waals surface area contributed by atoms with Crippen LogP contribution in [0.5, 0.6) is 11.5 Å². The van der Waals surface area contributed by atoms with Crippen LogP contribution in [0.1, 0.15) is 34.7 Å². The highest BCUT2D eigenvalue weighted by molar-refractivity contribution is 7.07. The van der Waals surface area contributed by atoms with Gasteiger partial charge in [-0.25, -0.2) is 4.99 Å². The Bertz CT molecular complexity index is 1690. The predicted molar refractivity (Wildman–Crippen MR) is 139 cm³/mol. The van der Waals surface area contributed by atoms with Crippen LogP contribution in [-0.2, 0) is 6.42 Å². The summed E-state index contributed by atoms with van der Waals surface area (Å²) < 4.78 is 7.59. The summed E-state index contributed by atoms with van der Waals surface area (Å²) in [5, 5.41) is 10.2. The minimum atomic E-state index is -0.212. The molecule has 0 saturated heterocycles. The van der Waals surface area contributed by atoms with Gasteiger partial charge < -0.3 is 9.84 Å². The van der Waals surface area contributed by atoms with Crippen LogP contribution in [0, 0.1) is 0 Å². The number of benzene rings is 3. The second-order valence-corrected chi connectivity index (χ2v) is 9.99. The molecule has 4 aromatic rings. The third-order valence-corrected chi connectivity index (χ3v) is 7.83. The number of hydrogen-bond acceptors (Lipinski definition) is 5. The van der Waals surface area contributed by atoms with Gasteiger partial charge in [-0.15, -0.1) is 0 Å². The molecule has 0 saturated carbocycles. The van der Waals surface area contributed by atoms with Crippen LogP contribution in [0.2, 0.25) is 5.02 Å². The number of thiazole rings is 1. The maximum Gasteiger partial charge on any atom is 0.271 e. The van der Waals surface area contributed by atoms with Crippen molar-refractivity contribution in [3.8, 4) is 11.5 Å². The first kappa shape index (κ1) is 21.9. The van der Waals surface area contributed by atoms with E-state index in [0.717, 1.165) is 29.7 Å². The summed E-state index contributed by atoms with van der Waals surface area (Å²) in [5.74, 6) is 0.133. The van der Waals surface area contributed by atoms with Crippen LogP contribution in [0.15, 0.2) is 82.1 Å². The number of methoxy groups -OCH3 is 1. The monoisotopic (exact) mass is 500 g/mol. The molecule has 6 rings (SSSR count). The summed E-state index contributed by atoms with van der Waals surface area (Å²) >= 11 is 7.54. The highest BCUT2D eigenvalue weighted by Crippen LogP contribution is 2.41. The molecule has 3 aromatic carbocycles. The number of nitrogens with zero attached hydrogens (tertiary/aromatic N) is 2. The molecule has 7 heteroatoms. The number of aromatic nitrogens is 1. The predicted octanol–water partition coefficient (Wildman–Crippen LogP) is 4.69. The summed E-state index contributed by atoms with van der Waals surface area (Å²) in [5.41, 5.74) is 6.20. The van der Waals surface area contributed by atoms with Crippen molar-refractivity contribution >= 4 is 34.7 Å². The van der Waals surface area contributed by atoms with Crippen molar-refractivity contribution in [1.29, 1.82) is 0 Å². The molecule has 1 N–H and O–H groups in total. The second kappa shape index (κ2) is 8.56. The minimum Gasteiger partial charge on any atom is -0.503 e. The number of rotatable bonds is 3. The molecule has 2 heterocycles. The third-order valence-electron chi connectivity index (χ3n) is 6.56. The van der Waals surface area contributed by atoms with Gasteiger partial charge in [-0.3, -0.25) is 9.36 Å². The molecule has 1 aromatic heterocycles. The largest absolute Gasteiger partial charge is 0.503 e. The van der Waals surface area contributed by atoms with Crippen LogP contribution < -0.4 is 19.6 Å². The zero-order chi connectivity index (χ0) is 24.1. The normalized spacial score (nSPS) is 16.9. The molecule has 5 nitrogen and oxygen atoms in total. The van der Waals surface area contributed by atoms with E-state index in [1.165, 1.54) is 29.6 Å². The van der Waals surface area contributed by atoms with Crippen LogP contribution in [0.25, 0.3) is 11.8 Å². The van der Waals surface area contributed by atoms with Crippen molar-refractivity contribution in [2.24, 2.45) is 4.99 Å². The molecule has 174 valence electrons. The van der Waals surface area contributed by atoms with Gasteiger partial charge in [-0.2, -0.15) is 0 Å². The molecule has 0 amide bonds. The Kier molecular flexibility index (Phi) is 5.35. The Morgan fingerprint density at radius 3 is 2.69 bits per heavy atom. The molecular formula is C28H21ClN2O3S. The fourth-order valence-corrected chi connectivity index (χ4v) is 6.16. The third kappa shape index (κ3) is 3.61. The molecule has 2 aliphatic rings. The number of hydrogen-bond donors (Lipinski definition) is 1. The number of halogens is 1. The van der Waals surface area contributed by atoms with E-state index in [1.807, 2.05) is 28.8 Å². The fraction of sp³-hybridized carbons (Fsp3) is 0.143. The van der Waals surface area contributed by atoms with E-state index < -0.39 is 0 Å². The van der Waals surface area contributed by atoms with Gasteiger partial charge in [0, 0.05) is 5.56 Å². The molecular weight excluding hydrogens is 480 g/mol. The van der Waals surface area contributed by atoms with Gasteiger partial charge >= 0.3 is 0 Å². The van der Waals surface area contributed by atoms with Crippen molar-refractivity contribution in [1.82, 2.24) is 4.57 Å². The Morgan fingerprint density at radius 2 is 1.89 bits per heavy atom. The van der Waals surface area contributed by atoms with Crippen molar-refractivity contribution in [3.05, 3.63) is 119 Å². The average molecular weight is 501 g/mol. The summed E-state index contributed by atoms with van der Waals surface area (Å²) in [6.07, 6.45) is 3.55. The van der Waals surface area contributed by atoms with Gasteiger partial charge in [-0.05, 0) is 53.3 Å². The van der Waals surface area contributed by atoms with Gasteiger partial charge in [0.15, 0.2) is 16.3 Å². The van der Waals surface area contributed by atoms with E-state index in [9.17, 15) is 9.90 Å². The number of allylic oxidation sites excluding steroid dienone is 1. The smallest absolute Gasteiger partial charge is 0.271 e. The SMILES string of the molecule is COc1cc(/C=c2\sc3n(c2=O)[C@H](c2ccccc2)C2=C(N=3)c3ccccc3CC2)cc(Cl)c1O. The van der Waals surface area contributed by atoms with Gasteiger partial charge in [-0.1, -0.05) is 77.5 Å². The zero-order valence-electron chi connectivity index (χ0n) is 18.9. The average Bonchev–Trinajstić information content (AvgIpc) is 3.19. The Hall–Kier alpha value is -3.61. The van der Waals surface area contributed by atoms with Crippen molar-refractivity contribution < 1.29 is 9.84 Å². The molecule has 1 aliphatic carbocycles. The topological polar surface area (TPSA) is 63.8 Å². The quantitative estimate of drug-likeness (QED) is 0.444. The second-order valence-electron chi connectivity index (χ2n) is 8.58. The first-order valence-corrected chi connectivity index (χ1v) is 12.5. The van der Waals surface area contributed by atoms with E-state index in [0.29, 0.717) is 14.9 Å². The van der Waals surface area contributed by atoms with E-state index in [4.69, 9.17) is 21.3 Å². The first-order chi connectivity index (χ1) is 17.0. The van der Waals surface area contributed by atoms with E-state index in [-0.39, 0.29) is 28.1 Å². The lowest BCUT2D eigenvalue weighted by molar-refractivity contribution is 0.373. The molecule has 35 heavy (non-hydrogen) atoms. The van der Waals surface area contributed by atoms with Crippen molar-refractivity contribution in [3.63, 3.8) is 0 Å². The maximum atomic E-state index is 13.8. The summed E-state index contributed by atoms with van der Waals surface area (Å²) in [6, 6.07) is 21.6. The van der Waals surface area contributed by atoms with Crippen LogP contribution in [0.4, 0.5) is 0 Å². The zero-order valence-corrected chi connectivity index (χ0v) is 20.4. The Balaban J connectivity index is 1.61. The van der Waals surface area contributed by atoms with Gasteiger partial charge in [0.05, 0.1) is 28.4 Å². The van der Waals surface area contributed by atoms with Gasteiger partial charge in [0.2, 0.25) is 0 Å². The van der Waals surface area contributed by atoms with Crippen molar-refractivity contribution in [2.45, 2.75) is 18.9 Å². The van der Waals surface area contributed by atoms with Crippen molar-refractivity contribution in [2.75, 3.05) is 7.11 Å². The molecule has 0 spiro atoms. The summed E-state index contributed by atoms with van der Waals surface area (Å²) in [7, 11) is 1.46. The number of phenolic OH excluding ortho intramolecular Hbond substituents is 1. The molecule has 0 unspecified atom stereocenters. The minimum absolute atomic E-state index is 0.101. The standard InChI is InChI=1S/C28H21ClN2O3S/c1-34-22-14-16(13-21(29)26(22)32)15-23-27(33)31-25(18-8-3-2-4-9-18)20-12-11-17-7-5-6-10-19(17)24(20)30-28(31)35-23/h2-10,13-15,25,32H,11-12H2,1H3/b23-15-/t25-/m1/s1. The number of aryl methyl sites for hydroxylation is 1. The molecule has 0 bridgehead atoms. The maximum absolute atomic E-state index is 13.8. The molecule has 0 radical (unpaired) electrons. The first-order valence-electron chi connectivity index (χ1n) is 11.3. The van der Waals surface area contributed by atoms with E-state index in [2.05, 4.69) is 30.3 Å². The van der Waals surface area contributed by atoms with Crippen LogP contribution in [0.3, 0.4) is 0 Å². The highest BCUT2D eigenvalue weighted by atomic mass is 35.5. The van der Waals surface area contributed by atoms with Gasteiger partial charge in [0.1, 0.15) is 0 Å². The molecule has 1 aliphatic heterocycles.